The van der Waals surface area contributed by atoms with Crippen molar-refractivity contribution in [1.29, 1.82) is 0 Å². The summed E-state index contributed by atoms with van der Waals surface area (Å²) in [6, 6.07) is 12.6. The van der Waals surface area contributed by atoms with Crippen molar-refractivity contribution in [2.24, 2.45) is 5.41 Å². The van der Waals surface area contributed by atoms with Gasteiger partial charge in [-0.05, 0) is 30.3 Å². The number of carbonyl (C=O) groups is 2. The first kappa shape index (κ1) is 18.6. The van der Waals surface area contributed by atoms with Crippen LogP contribution in [0.2, 0.25) is 0 Å². The number of anilines is 1. The predicted octanol–water partition coefficient (Wildman–Crippen LogP) is 4.20. The second-order valence-electron chi connectivity index (χ2n) is 7.72. The van der Waals surface area contributed by atoms with Crippen LogP contribution >= 0.6 is 0 Å². The van der Waals surface area contributed by atoms with E-state index in [9.17, 15) is 9.59 Å². The number of nitrogens with zero attached hydrogens (tertiary/aromatic N) is 3. The summed E-state index contributed by atoms with van der Waals surface area (Å²) in [5.41, 5.74) is 2.58. The van der Waals surface area contributed by atoms with Gasteiger partial charge in [-0.2, -0.15) is 5.10 Å². The Kier molecular flexibility index (Phi) is 4.50. The maximum atomic E-state index is 12.7. The minimum Gasteiger partial charge on any atom is -0.461 e. The Morgan fingerprint density at radius 2 is 1.93 bits per heavy atom. The number of nitrogens with one attached hydrogen (secondary N) is 1. The zero-order valence-electron chi connectivity index (χ0n) is 16.3. The number of amides is 1. The fraction of sp³-hybridized carbons (Fsp3) is 0.182. The van der Waals surface area contributed by atoms with Crippen LogP contribution in [-0.4, -0.2) is 26.3 Å². The molecular formula is C22H20N4O3. The van der Waals surface area contributed by atoms with Gasteiger partial charge in [0.25, 0.3) is 0 Å². The Hall–Kier alpha value is -3.74. The van der Waals surface area contributed by atoms with Crippen LogP contribution < -0.4 is 5.32 Å². The molecule has 0 aliphatic heterocycles. The van der Waals surface area contributed by atoms with E-state index in [0.717, 1.165) is 11.3 Å². The first-order chi connectivity index (χ1) is 13.8. The molecule has 0 aliphatic carbocycles. The van der Waals surface area contributed by atoms with Crippen LogP contribution in [-0.2, 0) is 4.79 Å². The molecule has 1 amide bonds. The van der Waals surface area contributed by atoms with Crippen LogP contribution in [0.25, 0.3) is 16.9 Å². The standard InChI is InChI=1S/C22H20N4O3/c1-22(2,3)21(28)25-15-7-4-6-14(12-15)17-9-10-23-20-16(13-24-26(17)20)19(27)18-8-5-11-29-18/h4-13H,1-3H3,(H,25,28). The second kappa shape index (κ2) is 7.01. The summed E-state index contributed by atoms with van der Waals surface area (Å²) in [5, 5.41) is 7.29. The van der Waals surface area contributed by atoms with E-state index < -0.39 is 5.41 Å². The van der Waals surface area contributed by atoms with Gasteiger partial charge in [-0.25, -0.2) is 9.50 Å². The van der Waals surface area contributed by atoms with E-state index in [1.807, 2.05) is 51.1 Å². The summed E-state index contributed by atoms with van der Waals surface area (Å²) >= 11 is 0. The number of rotatable bonds is 4. The van der Waals surface area contributed by atoms with Gasteiger partial charge in [0.05, 0.1) is 23.7 Å². The van der Waals surface area contributed by atoms with Crippen LogP contribution in [0.4, 0.5) is 5.69 Å². The quantitative estimate of drug-likeness (QED) is 0.529. The topological polar surface area (TPSA) is 89.5 Å². The minimum absolute atomic E-state index is 0.0695. The largest absolute Gasteiger partial charge is 0.461 e. The molecule has 0 spiro atoms. The van der Waals surface area contributed by atoms with Crippen molar-refractivity contribution in [3.05, 3.63) is 72.4 Å². The van der Waals surface area contributed by atoms with Crippen LogP contribution in [0.5, 0.6) is 0 Å². The molecule has 7 nitrogen and oxygen atoms in total. The van der Waals surface area contributed by atoms with Gasteiger partial charge in [0.15, 0.2) is 11.4 Å². The lowest BCUT2D eigenvalue weighted by atomic mass is 9.95. The highest BCUT2D eigenvalue weighted by molar-refractivity contribution is 6.10. The minimum atomic E-state index is -0.497. The van der Waals surface area contributed by atoms with Gasteiger partial charge in [0.2, 0.25) is 11.7 Å². The number of fused-ring (bicyclic) bond motifs is 1. The van der Waals surface area contributed by atoms with Crippen molar-refractivity contribution >= 4 is 23.0 Å². The molecule has 7 heteroatoms. The van der Waals surface area contributed by atoms with E-state index in [1.165, 1.54) is 12.5 Å². The molecule has 4 rings (SSSR count). The van der Waals surface area contributed by atoms with Crippen molar-refractivity contribution in [2.45, 2.75) is 20.8 Å². The molecule has 4 aromatic rings. The zero-order chi connectivity index (χ0) is 20.6. The molecule has 29 heavy (non-hydrogen) atoms. The summed E-state index contributed by atoms with van der Waals surface area (Å²) in [4.78, 5) is 29.3. The van der Waals surface area contributed by atoms with Crippen molar-refractivity contribution in [3.63, 3.8) is 0 Å². The highest BCUT2D eigenvalue weighted by Crippen LogP contribution is 2.26. The molecule has 146 valence electrons. The summed E-state index contributed by atoms with van der Waals surface area (Å²) in [6.45, 7) is 5.58. The molecule has 0 saturated carbocycles. The normalized spacial score (nSPS) is 11.6. The lowest BCUT2D eigenvalue weighted by molar-refractivity contribution is -0.123. The number of furan rings is 1. The Morgan fingerprint density at radius 1 is 1.10 bits per heavy atom. The van der Waals surface area contributed by atoms with E-state index in [2.05, 4.69) is 15.4 Å². The lowest BCUT2D eigenvalue weighted by Gasteiger charge is -2.18. The van der Waals surface area contributed by atoms with Crippen molar-refractivity contribution in [1.82, 2.24) is 14.6 Å². The highest BCUT2D eigenvalue weighted by Gasteiger charge is 2.22. The number of carbonyl (C=O) groups excluding carboxylic acids is 2. The molecule has 0 aliphatic rings. The summed E-state index contributed by atoms with van der Waals surface area (Å²) in [7, 11) is 0. The number of hydrogen-bond donors (Lipinski definition) is 1. The maximum Gasteiger partial charge on any atom is 0.233 e. The molecular weight excluding hydrogens is 368 g/mol. The Morgan fingerprint density at radius 3 is 2.66 bits per heavy atom. The van der Waals surface area contributed by atoms with Crippen LogP contribution in [0.1, 0.15) is 36.9 Å². The predicted molar refractivity (Wildman–Crippen MR) is 109 cm³/mol. The summed E-state index contributed by atoms with van der Waals surface area (Å²) in [6.07, 6.45) is 4.57. The number of aromatic nitrogens is 3. The molecule has 0 atom stereocenters. The fourth-order valence-corrected chi connectivity index (χ4v) is 2.89. The Labute approximate surface area is 167 Å². The third kappa shape index (κ3) is 3.54. The monoisotopic (exact) mass is 388 g/mol. The van der Waals surface area contributed by atoms with Gasteiger partial charge >= 0.3 is 0 Å². The molecule has 0 unspecified atom stereocenters. The summed E-state index contributed by atoms with van der Waals surface area (Å²) < 4.78 is 6.82. The van der Waals surface area contributed by atoms with Crippen molar-refractivity contribution in [2.75, 3.05) is 5.32 Å². The number of hydrogen-bond acceptors (Lipinski definition) is 5. The first-order valence-corrected chi connectivity index (χ1v) is 9.17. The average molecular weight is 388 g/mol. The van der Waals surface area contributed by atoms with E-state index in [1.54, 1.807) is 22.8 Å². The molecule has 0 radical (unpaired) electrons. The van der Waals surface area contributed by atoms with Gasteiger partial charge < -0.3 is 9.73 Å². The van der Waals surface area contributed by atoms with Gasteiger partial charge in [0, 0.05) is 22.9 Å². The van der Waals surface area contributed by atoms with E-state index >= 15 is 0 Å². The van der Waals surface area contributed by atoms with Crippen LogP contribution in [0.3, 0.4) is 0 Å². The number of ketones is 1. The first-order valence-electron chi connectivity index (χ1n) is 9.17. The van der Waals surface area contributed by atoms with Crippen LogP contribution in [0.15, 0.2) is 65.5 Å². The molecule has 1 N–H and O–H groups in total. The fourth-order valence-electron chi connectivity index (χ4n) is 2.89. The van der Waals surface area contributed by atoms with E-state index in [0.29, 0.717) is 16.9 Å². The lowest BCUT2D eigenvalue weighted by Crippen LogP contribution is -2.27. The molecule has 0 saturated heterocycles. The molecule has 3 aromatic heterocycles. The third-order valence-corrected chi connectivity index (χ3v) is 4.49. The maximum absolute atomic E-state index is 12.7. The molecule has 0 bridgehead atoms. The third-order valence-electron chi connectivity index (χ3n) is 4.49. The van der Waals surface area contributed by atoms with Gasteiger partial charge in [-0.3, -0.25) is 9.59 Å². The van der Waals surface area contributed by atoms with E-state index in [4.69, 9.17) is 4.42 Å². The zero-order valence-corrected chi connectivity index (χ0v) is 16.3. The second-order valence-corrected chi connectivity index (χ2v) is 7.72. The SMILES string of the molecule is CC(C)(C)C(=O)Nc1cccc(-c2ccnc3c(C(=O)c4ccco4)cnn23)c1. The molecule has 0 fully saturated rings. The van der Waals surface area contributed by atoms with Gasteiger partial charge in [-0.1, -0.05) is 32.9 Å². The smallest absolute Gasteiger partial charge is 0.233 e. The highest BCUT2D eigenvalue weighted by atomic mass is 16.3. The van der Waals surface area contributed by atoms with E-state index in [-0.39, 0.29) is 17.5 Å². The number of benzene rings is 1. The van der Waals surface area contributed by atoms with Crippen LogP contribution in [0, 0.1) is 5.41 Å². The molecule has 3 heterocycles. The Balaban J connectivity index is 1.73. The van der Waals surface area contributed by atoms with Crippen molar-refractivity contribution < 1.29 is 14.0 Å². The van der Waals surface area contributed by atoms with Crippen molar-refractivity contribution in [3.8, 4) is 11.3 Å². The molecule has 1 aromatic carbocycles. The Bertz CT molecular complexity index is 1200. The average Bonchev–Trinajstić information content (AvgIpc) is 3.37. The van der Waals surface area contributed by atoms with Gasteiger partial charge in [-0.15, -0.1) is 0 Å². The van der Waals surface area contributed by atoms with Gasteiger partial charge in [0.1, 0.15) is 0 Å². The summed E-state index contributed by atoms with van der Waals surface area (Å²) in [5.74, 6) is -0.111.